The van der Waals surface area contributed by atoms with Crippen molar-refractivity contribution < 1.29 is 9.47 Å². The summed E-state index contributed by atoms with van der Waals surface area (Å²) in [6.45, 7) is 3.23. The van der Waals surface area contributed by atoms with Crippen LogP contribution >= 0.6 is 0 Å². The summed E-state index contributed by atoms with van der Waals surface area (Å²) in [4.78, 5) is 8.84. The van der Waals surface area contributed by atoms with Crippen molar-refractivity contribution in [2.45, 2.75) is 13.3 Å². The number of nitrogens with zero attached hydrogens (tertiary/aromatic N) is 2. The van der Waals surface area contributed by atoms with Crippen LogP contribution in [0.1, 0.15) is 12.5 Å². The highest BCUT2D eigenvalue weighted by Crippen LogP contribution is 2.28. The zero-order chi connectivity index (χ0) is 20.5. The summed E-state index contributed by atoms with van der Waals surface area (Å²) in [6.07, 6.45) is 0.791. The number of nitrogens with one attached hydrogen (secondary N) is 3. The van der Waals surface area contributed by atoms with E-state index in [-0.39, 0.29) is 0 Å². The second kappa shape index (κ2) is 10.1. The number of hydrazine groups is 1. The van der Waals surface area contributed by atoms with Crippen molar-refractivity contribution in [1.82, 2.24) is 9.97 Å². The summed E-state index contributed by atoms with van der Waals surface area (Å²) < 4.78 is 11.0. The third-order valence-electron chi connectivity index (χ3n) is 4.15. The van der Waals surface area contributed by atoms with Crippen LogP contribution in [0.3, 0.4) is 0 Å². The lowest BCUT2D eigenvalue weighted by molar-refractivity contribution is 0.310. The van der Waals surface area contributed by atoms with E-state index in [0.29, 0.717) is 30.7 Å². The van der Waals surface area contributed by atoms with Crippen LogP contribution < -0.4 is 31.4 Å². The summed E-state index contributed by atoms with van der Waals surface area (Å²) in [5, 5.41) is 6.48. The van der Waals surface area contributed by atoms with E-state index in [4.69, 9.17) is 15.3 Å². The third-order valence-corrected chi connectivity index (χ3v) is 4.15. The number of anilines is 4. The molecule has 0 bridgehead atoms. The second-order valence-corrected chi connectivity index (χ2v) is 6.19. The Morgan fingerprint density at radius 2 is 1.76 bits per heavy atom. The first-order valence-corrected chi connectivity index (χ1v) is 9.43. The summed E-state index contributed by atoms with van der Waals surface area (Å²) >= 11 is 0. The van der Waals surface area contributed by atoms with Crippen molar-refractivity contribution in [2.75, 3.05) is 36.3 Å². The van der Waals surface area contributed by atoms with Crippen molar-refractivity contribution in [3.8, 4) is 11.5 Å². The van der Waals surface area contributed by atoms with Crippen LogP contribution in [0.2, 0.25) is 0 Å². The molecule has 0 saturated heterocycles. The monoisotopic (exact) mass is 394 g/mol. The van der Waals surface area contributed by atoms with E-state index in [1.54, 1.807) is 13.2 Å². The molecule has 0 spiro atoms. The first-order chi connectivity index (χ1) is 14.2. The molecule has 0 radical (unpaired) electrons. The first kappa shape index (κ1) is 20.2. The number of hydrogen-bond donors (Lipinski definition) is 4. The van der Waals surface area contributed by atoms with Gasteiger partial charge in [-0.1, -0.05) is 24.3 Å². The van der Waals surface area contributed by atoms with Gasteiger partial charge in [-0.2, -0.15) is 9.97 Å². The number of hydrogen-bond acceptors (Lipinski definition) is 8. The quantitative estimate of drug-likeness (QED) is 0.305. The zero-order valence-electron chi connectivity index (χ0n) is 16.6. The Hall–Kier alpha value is -3.52. The maximum atomic E-state index is 5.56. The van der Waals surface area contributed by atoms with E-state index in [1.807, 2.05) is 55.5 Å². The Kier molecular flexibility index (Phi) is 7.07. The maximum absolute atomic E-state index is 5.56. The molecule has 3 aromatic rings. The Labute approximate surface area is 170 Å². The fourth-order valence-corrected chi connectivity index (χ4v) is 2.80. The standard InChI is InChI=1S/C21H26N6O2/c1-3-29-17-10-9-15(13-18(17)28-2)11-12-23-19-14-20(27-22)26-21(25-19)24-16-7-5-4-6-8-16/h4-10,13-14H,3,11-12,22H2,1-2H3,(H3,23,24,25,26,27). The minimum absolute atomic E-state index is 0.455. The molecule has 2 aromatic carbocycles. The fraction of sp³-hybridized carbons (Fsp3) is 0.238. The number of para-hydroxylation sites is 1. The van der Waals surface area contributed by atoms with Gasteiger partial charge in [-0.15, -0.1) is 0 Å². The van der Waals surface area contributed by atoms with Crippen LogP contribution in [0.5, 0.6) is 11.5 Å². The Morgan fingerprint density at radius 1 is 0.966 bits per heavy atom. The molecule has 0 atom stereocenters. The van der Waals surface area contributed by atoms with Crippen molar-refractivity contribution >= 4 is 23.3 Å². The highest BCUT2D eigenvalue weighted by Gasteiger charge is 2.07. The van der Waals surface area contributed by atoms with Crippen LogP contribution in [0.4, 0.5) is 23.3 Å². The summed E-state index contributed by atoms with van der Waals surface area (Å²) in [5.74, 6) is 8.67. The molecule has 8 nitrogen and oxygen atoms in total. The lowest BCUT2D eigenvalue weighted by atomic mass is 10.1. The van der Waals surface area contributed by atoms with Crippen LogP contribution in [0, 0.1) is 0 Å². The number of nitrogens with two attached hydrogens (primary N) is 1. The largest absolute Gasteiger partial charge is 0.493 e. The van der Waals surface area contributed by atoms with Gasteiger partial charge >= 0.3 is 0 Å². The average molecular weight is 394 g/mol. The van der Waals surface area contributed by atoms with Gasteiger partial charge < -0.3 is 25.5 Å². The molecule has 0 aliphatic heterocycles. The maximum Gasteiger partial charge on any atom is 0.231 e. The van der Waals surface area contributed by atoms with Crippen molar-refractivity contribution in [2.24, 2.45) is 5.84 Å². The zero-order valence-corrected chi connectivity index (χ0v) is 16.6. The number of rotatable bonds is 10. The van der Waals surface area contributed by atoms with Crippen molar-refractivity contribution in [3.05, 3.63) is 60.2 Å². The van der Waals surface area contributed by atoms with Gasteiger partial charge in [-0.05, 0) is 43.2 Å². The Bertz CT molecular complexity index is 920. The predicted molar refractivity (Wildman–Crippen MR) is 116 cm³/mol. The predicted octanol–water partition coefficient (Wildman–Crippen LogP) is 3.57. The number of benzene rings is 2. The molecule has 0 saturated carbocycles. The molecule has 1 heterocycles. The molecular formula is C21H26N6O2. The highest BCUT2D eigenvalue weighted by atomic mass is 16.5. The Balaban J connectivity index is 1.65. The molecule has 29 heavy (non-hydrogen) atoms. The second-order valence-electron chi connectivity index (χ2n) is 6.19. The van der Waals surface area contributed by atoms with E-state index < -0.39 is 0 Å². The smallest absolute Gasteiger partial charge is 0.231 e. The minimum atomic E-state index is 0.455. The molecule has 1 aromatic heterocycles. The SMILES string of the molecule is CCOc1ccc(CCNc2cc(NN)nc(Nc3ccccc3)n2)cc1OC. The number of nitrogen functional groups attached to an aromatic ring is 1. The topological polar surface area (TPSA) is 106 Å². The van der Waals surface area contributed by atoms with E-state index in [9.17, 15) is 0 Å². The third kappa shape index (κ3) is 5.73. The van der Waals surface area contributed by atoms with Gasteiger partial charge in [-0.25, -0.2) is 5.84 Å². The molecule has 0 fully saturated rings. The van der Waals surface area contributed by atoms with Crippen molar-refractivity contribution in [1.29, 1.82) is 0 Å². The van der Waals surface area contributed by atoms with Crippen LogP contribution in [-0.2, 0) is 6.42 Å². The summed E-state index contributed by atoms with van der Waals surface area (Å²) in [6, 6.07) is 17.4. The minimum Gasteiger partial charge on any atom is -0.493 e. The Morgan fingerprint density at radius 3 is 2.48 bits per heavy atom. The van der Waals surface area contributed by atoms with Gasteiger partial charge in [0, 0.05) is 18.3 Å². The molecule has 0 unspecified atom stereocenters. The molecule has 8 heteroatoms. The lowest BCUT2D eigenvalue weighted by Gasteiger charge is -2.12. The number of methoxy groups -OCH3 is 1. The van der Waals surface area contributed by atoms with Crippen molar-refractivity contribution in [3.63, 3.8) is 0 Å². The molecular weight excluding hydrogens is 368 g/mol. The van der Waals surface area contributed by atoms with Gasteiger partial charge in [0.2, 0.25) is 5.95 Å². The van der Waals surface area contributed by atoms with Gasteiger partial charge in [0.1, 0.15) is 11.6 Å². The lowest BCUT2D eigenvalue weighted by Crippen LogP contribution is -2.13. The van der Waals surface area contributed by atoms with Gasteiger partial charge in [0.05, 0.1) is 13.7 Å². The fourth-order valence-electron chi connectivity index (χ4n) is 2.80. The normalized spacial score (nSPS) is 10.3. The summed E-state index contributed by atoms with van der Waals surface area (Å²) in [7, 11) is 1.64. The van der Waals surface area contributed by atoms with E-state index in [2.05, 4.69) is 26.0 Å². The average Bonchev–Trinajstić information content (AvgIpc) is 2.75. The van der Waals surface area contributed by atoms with E-state index in [0.717, 1.165) is 29.2 Å². The summed E-state index contributed by atoms with van der Waals surface area (Å²) in [5.41, 5.74) is 4.60. The van der Waals surface area contributed by atoms with Crippen LogP contribution in [-0.4, -0.2) is 30.2 Å². The molecule has 152 valence electrons. The molecule has 3 rings (SSSR count). The number of ether oxygens (including phenoxy) is 2. The van der Waals surface area contributed by atoms with Crippen LogP contribution in [0.15, 0.2) is 54.6 Å². The number of aromatic nitrogens is 2. The van der Waals surface area contributed by atoms with Crippen LogP contribution in [0.25, 0.3) is 0 Å². The first-order valence-electron chi connectivity index (χ1n) is 9.43. The molecule has 0 aliphatic rings. The van der Waals surface area contributed by atoms with E-state index in [1.165, 1.54) is 0 Å². The van der Waals surface area contributed by atoms with Gasteiger partial charge in [0.25, 0.3) is 0 Å². The molecule has 5 N–H and O–H groups in total. The van der Waals surface area contributed by atoms with E-state index >= 15 is 0 Å². The highest BCUT2D eigenvalue weighted by molar-refractivity contribution is 5.58. The van der Waals surface area contributed by atoms with Gasteiger partial charge in [0.15, 0.2) is 11.5 Å². The van der Waals surface area contributed by atoms with Gasteiger partial charge in [-0.3, -0.25) is 0 Å². The molecule has 0 amide bonds. The molecule has 0 aliphatic carbocycles.